The molecule has 0 aliphatic heterocycles. The van der Waals surface area contributed by atoms with Crippen molar-refractivity contribution in [2.45, 2.75) is 0 Å². The van der Waals surface area contributed by atoms with Gasteiger partial charge in [0.25, 0.3) is 5.91 Å². The molecule has 0 radical (unpaired) electrons. The van der Waals surface area contributed by atoms with Crippen LogP contribution in [-0.2, 0) is 4.79 Å². The maximum absolute atomic E-state index is 13.0. The van der Waals surface area contributed by atoms with Crippen LogP contribution in [0.2, 0.25) is 0 Å². The minimum absolute atomic E-state index is 0.00121. The molecule has 0 aliphatic rings. The molecule has 4 aromatic rings. The summed E-state index contributed by atoms with van der Waals surface area (Å²) in [6, 6.07) is 23.4. The van der Waals surface area contributed by atoms with Crippen molar-refractivity contribution in [2.24, 2.45) is 0 Å². The van der Waals surface area contributed by atoms with Crippen LogP contribution in [0.4, 0.5) is 5.69 Å². The lowest BCUT2D eigenvalue weighted by Gasteiger charge is -2.12. The van der Waals surface area contributed by atoms with Crippen molar-refractivity contribution in [3.8, 4) is 17.1 Å². The molecule has 3 aromatic carbocycles. The van der Waals surface area contributed by atoms with Crippen molar-refractivity contribution >= 4 is 38.5 Å². The Hall–Kier alpha value is -3.58. The van der Waals surface area contributed by atoms with Gasteiger partial charge in [-0.05, 0) is 36.4 Å². The van der Waals surface area contributed by atoms with Crippen molar-refractivity contribution in [2.75, 3.05) is 12.0 Å². The molecule has 2 N–H and O–H groups in total. The fraction of sp³-hybridized carbons (Fsp3) is 0.0435. The summed E-state index contributed by atoms with van der Waals surface area (Å²) in [6.45, 7) is -0.355. The first kappa shape index (κ1) is 19.7. The molecule has 150 valence electrons. The van der Waals surface area contributed by atoms with Crippen LogP contribution in [0.1, 0.15) is 0 Å². The largest absolute Gasteiger partial charge is 0.476 e. The molecule has 1 heterocycles. The van der Waals surface area contributed by atoms with E-state index in [1.165, 1.54) is 0 Å². The molecule has 7 heteroatoms. The van der Waals surface area contributed by atoms with Gasteiger partial charge in [-0.2, -0.15) is 0 Å². The summed E-state index contributed by atoms with van der Waals surface area (Å²) >= 11 is 3.35. The highest BCUT2D eigenvalue weighted by atomic mass is 79.9. The lowest BCUT2D eigenvalue weighted by Crippen LogP contribution is -2.34. The highest BCUT2D eigenvalue weighted by Crippen LogP contribution is 2.30. The van der Waals surface area contributed by atoms with Gasteiger partial charge in [0, 0.05) is 10.0 Å². The highest BCUT2D eigenvalue weighted by molar-refractivity contribution is 9.10. The fourth-order valence-corrected chi connectivity index (χ4v) is 3.15. The van der Waals surface area contributed by atoms with E-state index in [4.69, 9.17) is 9.15 Å². The summed E-state index contributed by atoms with van der Waals surface area (Å²) < 4.78 is 12.5. The number of carbonyl (C=O) groups excluding carboxylic acids is 1. The Balaban J connectivity index is 1.56. The lowest BCUT2D eigenvalue weighted by molar-refractivity contribution is -0.122. The number of ether oxygens (including phenoxy) is 1. The molecule has 4 rings (SSSR count). The number of rotatable bonds is 6. The molecule has 0 unspecified atom stereocenters. The predicted octanol–water partition coefficient (Wildman–Crippen LogP) is 4.74. The van der Waals surface area contributed by atoms with E-state index in [-0.39, 0.29) is 23.5 Å². The predicted molar refractivity (Wildman–Crippen MR) is 119 cm³/mol. The standard InChI is InChI=1S/C23H17BrN2O4/c24-16-10-12-17(13-11-16)25-26-20(27)14-29-23-21(28)18-8-4-5-9-19(18)30-22(23)15-6-2-1-3-7-15/h1-13,25H,14H2,(H,26,27). The van der Waals surface area contributed by atoms with Crippen molar-refractivity contribution in [1.82, 2.24) is 5.43 Å². The van der Waals surface area contributed by atoms with Gasteiger partial charge in [-0.3, -0.25) is 20.4 Å². The molecule has 6 nitrogen and oxygen atoms in total. The van der Waals surface area contributed by atoms with E-state index in [1.54, 1.807) is 36.4 Å². The molecule has 0 fully saturated rings. The third kappa shape index (κ3) is 4.36. The van der Waals surface area contributed by atoms with Crippen LogP contribution in [0.5, 0.6) is 5.75 Å². The number of amides is 1. The van der Waals surface area contributed by atoms with Gasteiger partial charge in [-0.15, -0.1) is 0 Å². The van der Waals surface area contributed by atoms with Crippen LogP contribution in [0.3, 0.4) is 0 Å². The Bertz CT molecular complexity index is 1240. The van der Waals surface area contributed by atoms with E-state index in [1.807, 2.05) is 42.5 Å². The number of para-hydroxylation sites is 1. The van der Waals surface area contributed by atoms with Gasteiger partial charge >= 0.3 is 0 Å². The second-order valence-electron chi connectivity index (χ2n) is 6.42. The Morgan fingerprint density at radius 3 is 2.40 bits per heavy atom. The second-order valence-corrected chi connectivity index (χ2v) is 7.34. The Kier molecular flexibility index (Phi) is 5.81. The number of carbonyl (C=O) groups is 1. The van der Waals surface area contributed by atoms with Gasteiger partial charge in [0.05, 0.1) is 11.1 Å². The van der Waals surface area contributed by atoms with E-state index in [2.05, 4.69) is 26.8 Å². The monoisotopic (exact) mass is 464 g/mol. The molecule has 0 saturated heterocycles. The van der Waals surface area contributed by atoms with Crippen molar-refractivity contribution in [3.63, 3.8) is 0 Å². The Labute approximate surface area is 180 Å². The summed E-state index contributed by atoms with van der Waals surface area (Å²) in [5, 5.41) is 0.389. The minimum Gasteiger partial charge on any atom is -0.476 e. The number of hydrazine groups is 1. The normalized spacial score (nSPS) is 10.6. The first-order chi connectivity index (χ1) is 14.6. The average Bonchev–Trinajstić information content (AvgIpc) is 2.78. The number of nitrogens with one attached hydrogen (secondary N) is 2. The number of benzene rings is 3. The first-order valence-electron chi connectivity index (χ1n) is 9.16. The van der Waals surface area contributed by atoms with Gasteiger partial charge in [0.1, 0.15) is 5.58 Å². The summed E-state index contributed by atoms with van der Waals surface area (Å²) in [5.74, 6) is -0.156. The molecule has 0 atom stereocenters. The third-order valence-corrected chi connectivity index (χ3v) is 4.86. The van der Waals surface area contributed by atoms with Crippen LogP contribution >= 0.6 is 15.9 Å². The zero-order valence-corrected chi connectivity index (χ0v) is 17.3. The first-order valence-corrected chi connectivity index (χ1v) is 9.95. The Morgan fingerprint density at radius 2 is 1.63 bits per heavy atom. The van der Waals surface area contributed by atoms with Crippen LogP contribution in [0, 0.1) is 0 Å². The number of anilines is 1. The summed E-state index contributed by atoms with van der Waals surface area (Å²) in [5.41, 5.74) is 6.86. The van der Waals surface area contributed by atoms with Gasteiger partial charge in [-0.1, -0.05) is 58.4 Å². The van der Waals surface area contributed by atoms with E-state index >= 15 is 0 Å². The summed E-state index contributed by atoms with van der Waals surface area (Å²) in [4.78, 5) is 25.2. The fourth-order valence-electron chi connectivity index (χ4n) is 2.88. The van der Waals surface area contributed by atoms with Crippen LogP contribution in [0.15, 0.2) is 92.5 Å². The number of fused-ring (bicyclic) bond motifs is 1. The molecule has 0 bridgehead atoms. The summed E-state index contributed by atoms with van der Waals surface area (Å²) in [6.07, 6.45) is 0. The van der Waals surface area contributed by atoms with Gasteiger partial charge in [-0.25, -0.2) is 0 Å². The molecule has 0 saturated carbocycles. The minimum atomic E-state index is -0.440. The molecule has 1 amide bonds. The highest BCUT2D eigenvalue weighted by Gasteiger charge is 2.18. The molecule has 0 aliphatic carbocycles. The molecular formula is C23H17BrN2O4. The lowest BCUT2D eigenvalue weighted by atomic mass is 10.1. The van der Waals surface area contributed by atoms with E-state index < -0.39 is 5.91 Å². The SMILES string of the molecule is O=C(COc1c(-c2ccccc2)oc2ccccc2c1=O)NNc1ccc(Br)cc1. The van der Waals surface area contributed by atoms with Crippen molar-refractivity contribution < 1.29 is 13.9 Å². The number of halogens is 1. The van der Waals surface area contributed by atoms with Crippen LogP contribution in [0.25, 0.3) is 22.3 Å². The zero-order valence-electron chi connectivity index (χ0n) is 15.7. The van der Waals surface area contributed by atoms with Gasteiger partial charge in [0.15, 0.2) is 12.4 Å². The smallest absolute Gasteiger partial charge is 0.276 e. The number of hydrogen-bond donors (Lipinski definition) is 2. The van der Waals surface area contributed by atoms with Gasteiger partial charge in [0.2, 0.25) is 11.2 Å². The topological polar surface area (TPSA) is 80.6 Å². The zero-order chi connectivity index (χ0) is 20.9. The van der Waals surface area contributed by atoms with Crippen LogP contribution in [-0.4, -0.2) is 12.5 Å². The van der Waals surface area contributed by atoms with E-state index in [0.29, 0.717) is 22.2 Å². The summed E-state index contributed by atoms with van der Waals surface area (Å²) in [7, 11) is 0. The van der Waals surface area contributed by atoms with Crippen molar-refractivity contribution in [1.29, 1.82) is 0 Å². The Morgan fingerprint density at radius 1 is 0.933 bits per heavy atom. The molecule has 30 heavy (non-hydrogen) atoms. The quantitative estimate of drug-likeness (QED) is 0.402. The second kappa shape index (κ2) is 8.84. The third-order valence-electron chi connectivity index (χ3n) is 4.33. The molecule has 0 spiro atoms. The van der Waals surface area contributed by atoms with Crippen molar-refractivity contribution in [3.05, 3.63) is 93.6 Å². The van der Waals surface area contributed by atoms with E-state index in [9.17, 15) is 9.59 Å². The number of hydrogen-bond acceptors (Lipinski definition) is 5. The van der Waals surface area contributed by atoms with Crippen LogP contribution < -0.4 is 21.0 Å². The van der Waals surface area contributed by atoms with Gasteiger partial charge < -0.3 is 9.15 Å². The maximum atomic E-state index is 13.0. The molecular weight excluding hydrogens is 448 g/mol. The molecule has 1 aromatic heterocycles. The average molecular weight is 465 g/mol. The maximum Gasteiger partial charge on any atom is 0.276 e. The van der Waals surface area contributed by atoms with E-state index in [0.717, 1.165) is 4.47 Å².